The quantitative estimate of drug-likeness (QED) is 0.630. The van der Waals surface area contributed by atoms with Gasteiger partial charge in [0.1, 0.15) is 5.65 Å². The molecule has 0 atom stereocenters. The summed E-state index contributed by atoms with van der Waals surface area (Å²) in [6.45, 7) is 0. The zero-order chi connectivity index (χ0) is 15.8. The Bertz CT molecular complexity index is 1000. The van der Waals surface area contributed by atoms with Crippen molar-refractivity contribution in [3.05, 3.63) is 65.2 Å². The minimum absolute atomic E-state index is 0.411. The molecule has 0 bridgehead atoms. The third kappa shape index (κ3) is 2.39. The SMILES string of the molecule is NC(=O)c1cccn2cc(-c3cccc(-c4cscn4)c3)nc12. The van der Waals surface area contributed by atoms with Gasteiger partial charge in [0.05, 0.1) is 22.5 Å². The lowest BCUT2D eigenvalue weighted by atomic mass is 10.1. The van der Waals surface area contributed by atoms with E-state index in [1.54, 1.807) is 23.5 Å². The maximum atomic E-state index is 11.5. The summed E-state index contributed by atoms with van der Waals surface area (Å²) in [4.78, 5) is 20.4. The van der Waals surface area contributed by atoms with Gasteiger partial charge in [0.2, 0.25) is 0 Å². The Morgan fingerprint density at radius 1 is 1.13 bits per heavy atom. The van der Waals surface area contributed by atoms with Gasteiger partial charge < -0.3 is 10.1 Å². The number of nitrogens with zero attached hydrogens (tertiary/aromatic N) is 3. The Morgan fingerprint density at radius 3 is 2.70 bits per heavy atom. The molecule has 0 aliphatic rings. The van der Waals surface area contributed by atoms with Crippen molar-refractivity contribution in [1.29, 1.82) is 0 Å². The zero-order valence-corrected chi connectivity index (χ0v) is 12.8. The Morgan fingerprint density at radius 2 is 1.96 bits per heavy atom. The first-order valence-corrected chi connectivity index (χ1v) is 7.93. The fourth-order valence-electron chi connectivity index (χ4n) is 2.54. The number of fused-ring (bicyclic) bond motifs is 1. The summed E-state index contributed by atoms with van der Waals surface area (Å²) in [6, 6.07) is 11.5. The van der Waals surface area contributed by atoms with Gasteiger partial charge >= 0.3 is 0 Å². The van der Waals surface area contributed by atoms with E-state index in [0.29, 0.717) is 11.2 Å². The van der Waals surface area contributed by atoms with E-state index in [-0.39, 0.29) is 0 Å². The van der Waals surface area contributed by atoms with Crippen molar-refractivity contribution in [3.8, 4) is 22.5 Å². The molecule has 0 radical (unpaired) electrons. The fourth-order valence-corrected chi connectivity index (χ4v) is 3.10. The highest BCUT2D eigenvalue weighted by Crippen LogP contribution is 2.26. The number of benzene rings is 1. The number of thiazole rings is 1. The number of nitrogens with two attached hydrogens (primary N) is 1. The van der Waals surface area contributed by atoms with Gasteiger partial charge in [0, 0.05) is 28.9 Å². The molecule has 3 aromatic heterocycles. The molecule has 1 aromatic carbocycles. The summed E-state index contributed by atoms with van der Waals surface area (Å²) in [7, 11) is 0. The van der Waals surface area contributed by atoms with Crippen LogP contribution in [0.25, 0.3) is 28.2 Å². The van der Waals surface area contributed by atoms with E-state index in [9.17, 15) is 4.79 Å². The van der Waals surface area contributed by atoms with Crippen molar-refractivity contribution in [2.24, 2.45) is 5.73 Å². The monoisotopic (exact) mass is 320 g/mol. The normalized spacial score (nSPS) is 11.0. The van der Waals surface area contributed by atoms with Crippen LogP contribution >= 0.6 is 11.3 Å². The lowest BCUT2D eigenvalue weighted by molar-refractivity contribution is 0.100. The number of aromatic nitrogens is 3. The summed E-state index contributed by atoms with van der Waals surface area (Å²) in [6.07, 6.45) is 3.74. The average Bonchev–Trinajstić information content (AvgIpc) is 3.23. The van der Waals surface area contributed by atoms with Crippen molar-refractivity contribution in [2.75, 3.05) is 0 Å². The Hall–Kier alpha value is -2.99. The molecular weight excluding hydrogens is 308 g/mol. The predicted octanol–water partition coefficient (Wildman–Crippen LogP) is 3.22. The van der Waals surface area contributed by atoms with Gasteiger partial charge in [0.25, 0.3) is 5.91 Å². The molecule has 1 amide bonds. The van der Waals surface area contributed by atoms with Crippen molar-refractivity contribution in [2.45, 2.75) is 0 Å². The van der Waals surface area contributed by atoms with E-state index in [4.69, 9.17) is 5.73 Å². The molecule has 6 heteroatoms. The van der Waals surface area contributed by atoms with Gasteiger partial charge in [-0.05, 0) is 18.2 Å². The molecule has 23 heavy (non-hydrogen) atoms. The summed E-state index contributed by atoms with van der Waals surface area (Å²) in [5.74, 6) is -0.482. The van der Waals surface area contributed by atoms with E-state index in [1.807, 2.05) is 52.0 Å². The second-order valence-corrected chi connectivity index (χ2v) is 5.82. The van der Waals surface area contributed by atoms with Crippen molar-refractivity contribution in [3.63, 3.8) is 0 Å². The summed E-state index contributed by atoms with van der Waals surface area (Å²) in [5.41, 5.74) is 11.9. The Labute approximate surface area is 136 Å². The number of rotatable bonds is 3. The van der Waals surface area contributed by atoms with Crippen LogP contribution in [0.15, 0.2) is 59.7 Å². The number of amides is 1. The number of hydrogen-bond acceptors (Lipinski definition) is 4. The highest BCUT2D eigenvalue weighted by molar-refractivity contribution is 7.07. The van der Waals surface area contributed by atoms with Crippen molar-refractivity contribution < 1.29 is 4.79 Å². The second kappa shape index (κ2) is 5.33. The van der Waals surface area contributed by atoms with Crippen LogP contribution in [-0.4, -0.2) is 20.3 Å². The number of primary amides is 1. The molecule has 0 fully saturated rings. The van der Waals surface area contributed by atoms with E-state index >= 15 is 0 Å². The average molecular weight is 320 g/mol. The number of carbonyl (C=O) groups excluding carboxylic acids is 1. The standard InChI is InChI=1S/C17H12N4OS/c18-16(22)13-5-2-6-21-8-14(20-17(13)21)11-3-1-4-12(7-11)15-9-23-10-19-15/h1-10H,(H2,18,22). The van der Waals surface area contributed by atoms with Crippen LogP contribution in [0.4, 0.5) is 0 Å². The molecule has 0 unspecified atom stereocenters. The summed E-state index contributed by atoms with van der Waals surface area (Å²) < 4.78 is 1.81. The molecule has 4 aromatic rings. The molecule has 4 rings (SSSR count). The molecule has 0 aliphatic heterocycles. The van der Waals surface area contributed by atoms with Gasteiger partial charge in [0.15, 0.2) is 0 Å². The molecular formula is C17H12N4OS. The largest absolute Gasteiger partial charge is 0.365 e. The first kappa shape index (κ1) is 13.7. The van der Waals surface area contributed by atoms with Crippen LogP contribution in [0.5, 0.6) is 0 Å². The molecule has 2 N–H and O–H groups in total. The van der Waals surface area contributed by atoms with Gasteiger partial charge in [-0.2, -0.15) is 0 Å². The Balaban J connectivity index is 1.85. The molecule has 0 aliphatic carbocycles. The predicted molar refractivity (Wildman–Crippen MR) is 90.3 cm³/mol. The van der Waals surface area contributed by atoms with E-state index in [0.717, 1.165) is 22.5 Å². The molecule has 0 saturated carbocycles. The van der Waals surface area contributed by atoms with Crippen LogP contribution in [0.3, 0.4) is 0 Å². The lowest BCUT2D eigenvalue weighted by Gasteiger charge is -2.00. The van der Waals surface area contributed by atoms with E-state index in [1.165, 1.54) is 0 Å². The number of imidazole rings is 1. The minimum Gasteiger partial charge on any atom is -0.365 e. The van der Waals surface area contributed by atoms with Crippen LogP contribution in [0.2, 0.25) is 0 Å². The zero-order valence-electron chi connectivity index (χ0n) is 12.0. The maximum Gasteiger partial charge on any atom is 0.252 e. The topological polar surface area (TPSA) is 73.3 Å². The molecule has 112 valence electrons. The van der Waals surface area contributed by atoms with Gasteiger partial charge in [-0.1, -0.05) is 18.2 Å². The second-order valence-electron chi connectivity index (χ2n) is 5.10. The third-order valence-corrected chi connectivity index (χ3v) is 4.22. The summed E-state index contributed by atoms with van der Waals surface area (Å²) >= 11 is 1.56. The van der Waals surface area contributed by atoms with Crippen LogP contribution in [-0.2, 0) is 0 Å². The van der Waals surface area contributed by atoms with Crippen molar-refractivity contribution >= 4 is 22.9 Å². The number of pyridine rings is 1. The van der Waals surface area contributed by atoms with Crippen LogP contribution < -0.4 is 5.73 Å². The summed E-state index contributed by atoms with van der Waals surface area (Å²) in [5, 5.41) is 2.01. The van der Waals surface area contributed by atoms with Gasteiger partial charge in [-0.15, -0.1) is 11.3 Å². The highest BCUT2D eigenvalue weighted by atomic mass is 32.1. The van der Waals surface area contributed by atoms with Gasteiger partial charge in [-0.25, -0.2) is 9.97 Å². The molecule has 0 spiro atoms. The van der Waals surface area contributed by atoms with Crippen LogP contribution in [0, 0.1) is 0 Å². The Kier molecular flexibility index (Phi) is 3.17. The molecule has 0 saturated heterocycles. The number of carbonyl (C=O) groups is 1. The first-order valence-electron chi connectivity index (χ1n) is 6.99. The highest BCUT2D eigenvalue weighted by Gasteiger charge is 2.12. The maximum absolute atomic E-state index is 11.5. The lowest BCUT2D eigenvalue weighted by Crippen LogP contribution is -2.12. The van der Waals surface area contributed by atoms with Crippen molar-refractivity contribution in [1.82, 2.24) is 14.4 Å². The molecule has 3 heterocycles. The van der Waals surface area contributed by atoms with E-state index < -0.39 is 5.91 Å². The minimum atomic E-state index is -0.482. The van der Waals surface area contributed by atoms with Gasteiger partial charge in [-0.3, -0.25) is 4.79 Å². The fraction of sp³-hybridized carbons (Fsp3) is 0. The number of hydrogen-bond donors (Lipinski definition) is 1. The first-order chi connectivity index (χ1) is 11.2. The molecule has 5 nitrogen and oxygen atoms in total. The van der Waals surface area contributed by atoms with E-state index in [2.05, 4.69) is 9.97 Å². The smallest absolute Gasteiger partial charge is 0.252 e. The third-order valence-electron chi connectivity index (χ3n) is 3.63. The van der Waals surface area contributed by atoms with Crippen LogP contribution in [0.1, 0.15) is 10.4 Å².